The van der Waals surface area contributed by atoms with E-state index in [2.05, 4.69) is 5.32 Å². The van der Waals surface area contributed by atoms with Crippen LogP contribution < -0.4 is 14.4 Å². The lowest BCUT2D eigenvalue weighted by molar-refractivity contribution is -0.140. The Morgan fingerprint density at radius 1 is 0.925 bits per heavy atom. The summed E-state index contributed by atoms with van der Waals surface area (Å²) in [4.78, 5) is 28.9. The van der Waals surface area contributed by atoms with Crippen molar-refractivity contribution in [2.75, 3.05) is 18.0 Å². The summed E-state index contributed by atoms with van der Waals surface area (Å²) in [6, 6.07) is 19.9. The highest BCUT2D eigenvalue weighted by molar-refractivity contribution is 7.92. The Kier molecular flexibility index (Phi) is 10.3. The number of carbonyl (C=O) groups is 2. The van der Waals surface area contributed by atoms with Crippen LogP contribution in [0, 0.1) is 13.8 Å². The fourth-order valence-electron chi connectivity index (χ4n) is 4.42. The lowest BCUT2D eigenvalue weighted by Gasteiger charge is -2.34. The van der Waals surface area contributed by atoms with Gasteiger partial charge in [-0.1, -0.05) is 55.0 Å². The molecule has 0 aliphatic carbocycles. The third-order valence-corrected chi connectivity index (χ3v) is 8.37. The molecule has 0 fully saturated rings. The summed E-state index contributed by atoms with van der Waals surface area (Å²) in [5.41, 5.74) is 2.82. The molecule has 0 saturated heterocycles. The van der Waals surface area contributed by atoms with E-state index in [9.17, 15) is 18.0 Å². The second-order valence-corrected chi connectivity index (χ2v) is 11.9. The van der Waals surface area contributed by atoms with Crippen molar-refractivity contribution >= 4 is 27.5 Å². The second-order valence-electron chi connectivity index (χ2n) is 10.1. The molecule has 0 bridgehead atoms. The predicted molar refractivity (Wildman–Crippen MR) is 158 cm³/mol. The van der Waals surface area contributed by atoms with Gasteiger partial charge < -0.3 is 15.0 Å². The SMILES string of the molecule is CC[C@H](C(=O)NC(C)C)N(Cc1ccc(OC)cc1)C(=O)CN(c1ccccc1C)S(=O)(=O)c1ccc(C)cc1. The average molecular weight is 566 g/mol. The van der Waals surface area contributed by atoms with Crippen LogP contribution in [0.5, 0.6) is 5.75 Å². The Balaban J connectivity index is 2.07. The minimum atomic E-state index is -4.11. The summed E-state index contributed by atoms with van der Waals surface area (Å²) >= 11 is 0. The summed E-state index contributed by atoms with van der Waals surface area (Å²) in [5, 5.41) is 2.90. The first kappa shape index (κ1) is 30.7. The predicted octanol–water partition coefficient (Wildman–Crippen LogP) is 4.84. The van der Waals surface area contributed by atoms with Gasteiger partial charge >= 0.3 is 0 Å². The molecule has 0 aliphatic rings. The van der Waals surface area contributed by atoms with Gasteiger partial charge in [0.05, 0.1) is 17.7 Å². The Morgan fingerprint density at radius 2 is 1.55 bits per heavy atom. The first-order valence-corrected chi connectivity index (χ1v) is 14.8. The van der Waals surface area contributed by atoms with Gasteiger partial charge in [0.15, 0.2) is 0 Å². The van der Waals surface area contributed by atoms with E-state index in [1.807, 2.05) is 45.9 Å². The Hall–Kier alpha value is -3.85. The Labute approximate surface area is 238 Å². The number of benzene rings is 3. The molecule has 8 nitrogen and oxygen atoms in total. The van der Waals surface area contributed by atoms with Crippen LogP contribution in [-0.2, 0) is 26.2 Å². The zero-order valence-corrected chi connectivity index (χ0v) is 24.9. The van der Waals surface area contributed by atoms with E-state index in [0.717, 1.165) is 15.4 Å². The summed E-state index contributed by atoms with van der Waals surface area (Å²) < 4.78 is 34.3. The van der Waals surface area contributed by atoms with Crippen molar-refractivity contribution in [3.05, 3.63) is 89.5 Å². The van der Waals surface area contributed by atoms with Gasteiger partial charge in [0, 0.05) is 12.6 Å². The van der Waals surface area contributed by atoms with E-state index in [-0.39, 0.29) is 23.4 Å². The number of methoxy groups -OCH3 is 1. The van der Waals surface area contributed by atoms with Crippen molar-refractivity contribution in [1.82, 2.24) is 10.2 Å². The third kappa shape index (κ3) is 7.41. The maximum absolute atomic E-state index is 14.1. The maximum Gasteiger partial charge on any atom is 0.264 e. The number of aryl methyl sites for hydroxylation is 2. The molecule has 0 spiro atoms. The zero-order chi connectivity index (χ0) is 29.4. The molecular weight excluding hydrogens is 526 g/mol. The highest BCUT2D eigenvalue weighted by Gasteiger charge is 2.34. The average Bonchev–Trinajstić information content (AvgIpc) is 2.92. The molecule has 0 aromatic heterocycles. The number of carbonyl (C=O) groups excluding carboxylic acids is 2. The van der Waals surface area contributed by atoms with E-state index in [4.69, 9.17) is 4.74 Å². The van der Waals surface area contributed by atoms with Gasteiger partial charge in [0.2, 0.25) is 11.8 Å². The number of nitrogens with zero attached hydrogens (tertiary/aromatic N) is 2. The highest BCUT2D eigenvalue weighted by Crippen LogP contribution is 2.28. The van der Waals surface area contributed by atoms with E-state index in [0.29, 0.717) is 23.4 Å². The number of hydrogen-bond donors (Lipinski definition) is 1. The summed E-state index contributed by atoms with van der Waals surface area (Å²) in [6.45, 7) is 8.88. The first-order valence-electron chi connectivity index (χ1n) is 13.4. The minimum Gasteiger partial charge on any atom is -0.497 e. The molecule has 3 aromatic rings. The molecule has 3 aromatic carbocycles. The topological polar surface area (TPSA) is 96.0 Å². The molecule has 1 atom stereocenters. The fraction of sp³-hybridized carbons (Fsp3) is 0.355. The summed E-state index contributed by atoms with van der Waals surface area (Å²) in [7, 11) is -2.53. The maximum atomic E-state index is 14.1. The normalized spacial score (nSPS) is 12.1. The van der Waals surface area contributed by atoms with Gasteiger partial charge in [-0.15, -0.1) is 0 Å². The molecule has 3 rings (SSSR count). The largest absolute Gasteiger partial charge is 0.497 e. The molecule has 0 heterocycles. The van der Waals surface area contributed by atoms with Crippen LogP contribution in [0.4, 0.5) is 5.69 Å². The molecule has 40 heavy (non-hydrogen) atoms. The molecule has 0 radical (unpaired) electrons. The molecule has 0 unspecified atom stereocenters. The van der Waals surface area contributed by atoms with Crippen LogP contribution in [0.15, 0.2) is 77.7 Å². The van der Waals surface area contributed by atoms with Gasteiger partial charge in [-0.05, 0) is 75.6 Å². The molecular formula is C31H39N3O5S. The molecule has 9 heteroatoms. The first-order chi connectivity index (χ1) is 19.0. The quantitative estimate of drug-likeness (QED) is 0.339. The van der Waals surface area contributed by atoms with Crippen molar-refractivity contribution in [1.29, 1.82) is 0 Å². The molecule has 0 saturated carbocycles. The Bertz CT molecular complexity index is 1400. The molecule has 2 amide bonds. The number of anilines is 1. The summed E-state index contributed by atoms with van der Waals surface area (Å²) in [5.74, 6) is -0.107. The van der Waals surface area contributed by atoms with Crippen molar-refractivity contribution in [2.45, 2.75) is 64.6 Å². The van der Waals surface area contributed by atoms with Crippen molar-refractivity contribution in [2.24, 2.45) is 0 Å². The van der Waals surface area contributed by atoms with Crippen LogP contribution in [0.1, 0.15) is 43.9 Å². The van der Waals surface area contributed by atoms with Crippen molar-refractivity contribution < 1.29 is 22.7 Å². The second kappa shape index (κ2) is 13.5. The van der Waals surface area contributed by atoms with Crippen molar-refractivity contribution in [3.63, 3.8) is 0 Å². The summed E-state index contributed by atoms with van der Waals surface area (Å²) in [6.07, 6.45) is 0.357. The van der Waals surface area contributed by atoms with Crippen LogP contribution in [0.3, 0.4) is 0 Å². The van der Waals surface area contributed by atoms with Crippen LogP contribution in [-0.4, -0.2) is 50.9 Å². The number of amides is 2. The van der Waals surface area contributed by atoms with E-state index < -0.39 is 28.5 Å². The van der Waals surface area contributed by atoms with Crippen LogP contribution >= 0.6 is 0 Å². The van der Waals surface area contributed by atoms with E-state index >= 15 is 0 Å². The lowest BCUT2D eigenvalue weighted by Crippen LogP contribution is -2.53. The van der Waals surface area contributed by atoms with Gasteiger partial charge in [0.1, 0.15) is 18.3 Å². The molecule has 214 valence electrons. The van der Waals surface area contributed by atoms with Gasteiger partial charge in [-0.3, -0.25) is 13.9 Å². The number of rotatable bonds is 12. The number of sulfonamides is 1. The van der Waals surface area contributed by atoms with Gasteiger partial charge in [0.25, 0.3) is 10.0 Å². The van der Waals surface area contributed by atoms with E-state index in [1.165, 1.54) is 4.90 Å². The molecule has 0 aliphatic heterocycles. The van der Waals surface area contributed by atoms with Gasteiger partial charge in [-0.2, -0.15) is 0 Å². The number of nitrogens with one attached hydrogen (secondary N) is 1. The zero-order valence-electron chi connectivity index (χ0n) is 24.0. The van der Waals surface area contributed by atoms with Crippen molar-refractivity contribution in [3.8, 4) is 5.75 Å². The number of para-hydroxylation sites is 1. The smallest absolute Gasteiger partial charge is 0.264 e. The third-order valence-electron chi connectivity index (χ3n) is 6.60. The molecule has 1 N–H and O–H groups in total. The Morgan fingerprint density at radius 3 is 2.10 bits per heavy atom. The van der Waals surface area contributed by atoms with Crippen LogP contribution in [0.2, 0.25) is 0 Å². The number of hydrogen-bond acceptors (Lipinski definition) is 5. The van der Waals surface area contributed by atoms with Crippen LogP contribution in [0.25, 0.3) is 0 Å². The lowest BCUT2D eigenvalue weighted by atomic mass is 10.1. The minimum absolute atomic E-state index is 0.0837. The number of ether oxygens (including phenoxy) is 1. The van der Waals surface area contributed by atoms with E-state index in [1.54, 1.807) is 68.6 Å². The van der Waals surface area contributed by atoms with Gasteiger partial charge in [-0.25, -0.2) is 8.42 Å². The standard InChI is InChI=1S/C31H39N3O5S/c1-7-28(31(36)32-22(2)3)33(20-25-14-16-26(39-6)17-15-25)30(35)21-34(29-11-9-8-10-24(29)5)40(37,38)27-18-12-23(4)13-19-27/h8-19,22,28H,7,20-21H2,1-6H3,(H,32,36)/t28-/m1/s1. The fourth-order valence-corrected chi connectivity index (χ4v) is 5.90. The monoisotopic (exact) mass is 565 g/mol. The highest BCUT2D eigenvalue weighted by atomic mass is 32.2.